The predicted molar refractivity (Wildman–Crippen MR) is 96.7 cm³/mol. The van der Waals surface area contributed by atoms with Crippen LogP contribution in [0.4, 0.5) is 4.39 Å². The fourth-order valence-electron chi connectivity index (χ4n) is 2.19. The molecule has 3 rings (SSSR count). The van der Waals surface area contributed by atoms with Crippen molar-refractivity contribution < 1.29 is 17.6 Å². The molecule has 0 spiro atoms. The number of hydrogen-bond acceptors (Lipinski definition) is 6. The van der Waals surface area contributed by atoms with Crippen LogP contribution in [0, 0.1) is 5.82 Å². The number of aromatic nitrogens is 3. The molecule has 2 aromatic heterocycles. The third-order valence-corrected chi connectivity index (χ3v) is 5.17. The van der Waals surface area contributed by atoms with Gasteiger partial charge in [0.05, 0.1) is 16.3 Å². The number of thiophene rings is 1. The summed E-state index contributed by atoms with van der Waals surface area (Å²) < 4.78 is 37.3. The van der Waals surface area contributed by atoms with Crippen LogP contribution in [0.5, 0.6) is 0 Å². The molecule has 10 heteroatoms. The Hall–Kier alpha value is -2.59. The highest BCUT2D eigenvalue weighted by Crippen LogP contribution is 2.25. The van der Waals surface area contributed by atoms with Gasteiger partial charge in [-0.15, -0.1) is 16.4 Å². The number of rotatable bonds is 6. The maximum Gasteiger partial charge on any atom is 0.291 e. The zero-order valence-corrected chi connectivity index (χ0v) is 15.3. The lowest BCUT2D eigenvalue weighted by atomic mass is 10.3. The van der Waals surface area contributed by atoms with E-state index in [1.165, 1.54) is 34.2 Å². The summed E-state index contributed by atoms with van der Waals surface area (Å²) in [5, 5.41) is 8.51. The summed E-state index contributed by atoms with van der Waals surface area (Å²) in [6, 6.07) is 9.43. The van der Waals surface area contributed by atoms with E-state index in [2.05, 4.69) is 15.4 Å². The maximum absolute atomic E-state index is 13.6. The van der Waals surface area contributed by atoms with E-state index < -0.39 is 21.6 Å². The lowest BCUT2D eigenvalue weighted by Crippen LogP contribution is -2.29. The summed E-state index contributed by atoms with van der Waals surface area (Å²) in [6.07, 6.45) is 1.09. The number of carbonyl (C=O) groups is 1. The Morgan fingerprint density at radius 1 is 1.31 bits per heavy atom. The molecule has 0 saturated heterocycles. The summed E-state index contributed by atoms with van der Waals surface area (Å²) >= 11 is 1.41. The van der Waals surface area contributed by atoms with Crippen LogP contribution in [-0.2, 0) is 9.84 Å². The van der Waals surface area contributed by atoms with Gasteiger partial charge in [-0.05, 0) is 29.6 Å². The molecule has 7 nitrogen and oxygen atoms in total. The standard InChI is InChI=1S/C16H15FN4O3S2/c1-26(23,24)9-7-18-16(22)14-19-15(13-6-3-8-25-13)21(20-14)12-5-2-4-11(17)10-12/h2-6,8,10H,7,9H2,1H3,(H,18,22). The Morgan fingerprint density at radius 3 is 2.77 bits per heavy atom. The molecule has 0 aliphatic rings. The predicted octanol–water partition coefficient (Wildman–Crippen LogP) is 1.91. The highest BCUT2D eigenvalue weighted by Gasteiger charge is 2.19. The first kappa shape index (κ1) is 18.2. The second kappa shape index (κ2) is 7.34. The summed E-state index contributed by atoms with van der Waals surface area (Å²) in [5.74, 6) is -0.929. The molecule has 2 heterocycles. The molecule has 0 aliphatic heterocycles. The minimum atomic E-state index is -3.19. The third kappa shape index (κ3) is 4.33. The van der Waals surface area contributed by atoms with Crippen LogP contribution in [0.15, 0.2) is 41.8 Å². The Kier molecular flexibility index (Phi) is 5.14. The van der Waals surface area contributed by atoms with Crippen molar-refractivity contribution in [3.05, 3.63) is 53.4 Å². The van der Waals surface area contributed by atoms with Crippen molar-refractivity contribution in [3.8, 4) is 16.4 Å². The van der Waals surface area contributed by atoms with Crippen molar-refractivity contribution in [2.75, 3.05) is 18.6 Å². The largest absolute Gasteiger partial charge is 0.348 e. The van der Waals surface area contributed by atoms with Crippen LogP contribution in [0.25, 0.3) is 16.4 Å². The summed E-state index contributed by atoms with van der Waals surface area (Å²) in [5.41, 5.74) is 0.427. The molecular weight excluding hydrogens is 379 g/mol. The second-order valence-corrected chi connectivity index (χ2v) is 8.72. The Bertz CT molecular complexity index is 1030. The molecule has 0 aliphatic carbocycles. The van der Waals surface area contributed by atoms with Crippen LogP contribution < -0.4 is 5.32 Å². The average Bonchev–Trinajstić information content (AvgIpc) is 3.23. The van der Waals surface area contributed by atoms with Gasteiger partial charge in [-0.2, -0.15) is 0 Å². The van der Waals surface area contributed by atoms with Gasteiger partial charge in [0, 0.05) is 12.8 Å². The molecular formula is C16H15FN4O3S2. The molecule has 0 unspecified atom stereocenters. The van der Waals surface area contributed by atoms with Gasteiger partial charge in [0.2, 0.25) is 5.82 Å². The van der Waals surface area contributed by atoms with Crippen LogP contribution in [0.3, 0.4) is 0 Å². The van der Waals surface area contributed by atoms with Gasteiger partial charge in [-0.1, -0.05) is 12.1 Å². The summed E-state index contributed by atoms with van der Waals surface area (Å²) in [6.45, 7) is -0.0412. The van der Waals surface area contributed by atoms with Crippen LogP contribution >= 0.6 is 11.3 Å². The number of amides is 1. The number of hydrogen-bond donors (Lipinski definition) is 1. The van der Waals surface area contributed by atoms with Gasteiger partial charge >= 0.3 is 0 Å². The van der Waals surface area contributed by atoms with Gasteiger partial charge in [0.15, 0.2) is 5.82 Å². The van der Waals surface area contributed by atoms with Crippen molar-refractivity contribution in [1.82, 2.24) is 20.1 Å². The molecule has 1 N–H and O–H groups in total. The first-order chi connectivity index (χ1) is 12.3. The Morgan fingerprint density at radius 2 is 2.12 bits per heavy atom. The highest BCUT2D eigenvalue weighted by atomic mass is 32.2. The fourth-order valence-corrected chi connectivity index (χ4v) is 3.36. The molecule has 26 heavy (non-hydrogen) atoms. The molecule has 1 aromatic carbocycles. The van der Waals surface area contributed by atoms with E-state index in [9.17, 15) is 17.6 Å². The monoisotopic (exact) mass is 394 g/mol. The van der Waals surface area contributed by atoms with Crippen LogP contribution in [-0.4, -0.2) is 47.6 Å². The topological polar surface area (TPSA) is 94.0 Å². The van der Waals surface area contributed by atoms with E-state index >= 15 is 0 Å². The normalized spacial score (nSPS) is 11.5. The number of carbonyl (C=O) groups excluding carboxylic acids is 1. The Balaban J connectivity index is 1.93. The number of halogens is 1. The van der Waals surface area contributed by atoms with E-state index in [4.69, 9.17) is 0 Å². The summed E-state index contributed by atoms with van der Waals surface area (Å²) in [7, 11) is -3.19. The Labute approximate surface area is 153 Å². The minimum Gasteiger partial charge on any atom is -0.348 e. The summed E-state index contributed by atoms with van der Waals surface area (Å²) in [4.78, 5) is 17.3. The van der Waals surface area contributed by atoms with Crippen molar-refractivity contribution in [1.29, 1.82) is 0 Å². The van der Waals surface area contributed by atoms with E-state index in [1.807, 2.05) is 17.5 Å². The lowest BCUT2D eigenvalue weighted by Gasteiger charge is -2.04. The second-order valence-electron chi connectivity index (χ2n) is 5.51. The van der Waals surface area contributed by atoms with Crippen LogP contribution in [0.1, 0.15) is 10.6 Å². The van der Waals surface area contributed by atoms with Gasteiger partial charge in [-0.3, -0.25) is 4.79 Å². The van der Waals surface area contributed by atoms with Crippen LogP contribution in [0.2, 0.25) is 0 Å². The lowest BCUT2D eigenvalue weighted by molar-refractivity contribution is 0.0946. The first-order valence-corrected chi connectivity index (χ1v) is 10.5. The zero-order valence-electron chi connectivity index (χ0n) is 13.7. The number of nitrogens with one attached hydrogen (secondary N) is 1. The van der Waals surface area contributed by atoms with E-state index in [0.717, 1.165) is 11.1 Å². The quantitative estimate of drug-likeness (QED) is 0.689. The van der Waals surface area contributed by atoms with E-state index in [1.54, 1.807) is 6.07 Å². The molecule has 1 amide bonds. The van der Waals surface area contributed by atoms with Crippen molar-refractivity contribution >= 4 is 27.1 Å². The smallest absolute Gasteiger partial charge is 0.291 e. The molecule has 0 atom stereocenters. The van der Waals surface area contributed by atoms with Gasteiger partial charge in [-0.25, -0.2) is 22.5 Å². The SMILES string of the molecule is CS(=O)(=O)CCNC(=O)c1nc(-c2cccs2)n(-c2cccc(F)c2)n1. The van der Waals surface area contributed by atoms with E-state index in [0.29, 0.717) is 11.5 Å². The maximum atomic E-state index is 13.6. The minimum absolute atomic E-state index is 0.0412. The average molecular weight is 394 g/mol. The molecule has 3 aromatic rings. The van der Waals surface area contributed by atoms with Crippen molar-refractivity contribution in [2.45, 2.75) is 0 Å². The molecule has 0 fully saturated rings. The van der Waals surface area contributed by atoms with Crippen molar-refractivity contribution in [3.63, 3.8) is 0 Å². The van der Waals surface area contributed by atoms with Gasteiger partial charge in [0.25, 0.3) is 5.91 Å². The molecule has 0 saturated carbocycles. The van der Waals surface area contributed by atoms with E-state index in [-0.39, 0.29) is 18.1 Å². The number of nitrogens with zero attached hydrogens (tertiary/aromatic N) is 3. The molecule has 136 valence electrons. The third-order valence-electron chi connectivity index (χ3n) is 3.36. The number of sulfone groups is 1. The molecule has 0 radical (unpaired) electrons. The zero-order chi connectivity index (χ0) is 18.7. The first-order valence-electron chi connectivity index (χ1n) is 7.56. The van der Waals surface area contributed by atoms with Gasteiger partial charge in [0.1, 0.15) is 15.7 Å². The fraction of sp³-hybridized carbons (Fsp3) is 0.188. The number of benzene rings is 1. The van der Waals surface area contributed by atoms with Gasteiger partial charge < -0.3 is 5.32 Å². The van der Waals surface area contributed by atoms with Crippen molar-refractivity contribution in [2.24, 2.45) is 0 Å². The molecule has 0 bridgehead atoms. The highest BCUT2D eigenvalue weighted by molar-refractivity contribution is 7.90.